The number of piperidine rings is 1. The van der Waals surface area contributed by atoms with Gasteiger partial charge in [-0.3, -0.25) is 9.59 Å². The first-order chi connectivity index (χ1) is 13.9. The molecule has 0 N–H and O–H groups in total. The summed E-state index contributed by atoms with van der Waals surface area (Å²) >= 11 is 0. The summed E-state index contributed by atoms with van der Waals surface area (Å²) in [4.78, 5) is 40.6. The smallest absolute Gasteiger partial charge is 0.410 e. The fraction of sp³-hybridized carbons (Fsp3) is 0.625. The van der Waals surface area contributed by atoms with Gasteiger partial charge < -0.3 is 9.64 Å². The molecule has 1 spiro atoms. The standard InChI is InChI=1S/C24H34BNO4/c1-6-16-12-17(25)11-15(2)20(16)21-18(27)13-24(14-19(21)28)7-9-26(10-8-24)22(29)30-23(3,4)5/h11-12,21H,6-10,13-14,25H2,1-5H3. The van der Waals surface area contributed by atoms with Crippen molar-refractivity contribution in [3.63, 3.8) is 0 Å². The van der Waals surface area contributed by atoms with Crippen LogP contribution >= 0.6 is 0 Å². The lowest BCUT2D eigenvalue weighted by molar-refractivity contribution is -0.138. The fourth-order valence-corrected chi connectivity index (χ4v) is 5.12. The highest BCUT2D eigenvalue weighted by molar-refractivity contribution is 6.32. The predicted octanol–water partition coefficient (Wildman–Crippen LogP) is 2.85. The number of hydrogen-bond donors (Lipinski definition) is 0. The number of likely N-dealkylation sites (tertiary alicyclic amines) is 1. The SMILES string of the molecule is Bc1cc(C)c(C2C(=O)CC3(CCN(C(=O)OC(C)(C)C)CC3)CC2=O)c(CC)c1. The lowest BCUT2D eigenvalue weighted by atomic mass is 9.62. The number of nitrogens with zero attached hydrogens (tertiary/aromatic N) is 1. The summed E-state index contributed by atoms with van der Waals surface area (Å²) in [7, 11) is 2.05. The second kappa shape index (κ2) is 8.20. The first-order valence-electron chi connectivity index (χ1n) is 11.1. The Hall–Kier alpha value is -2.11. The van der Waals surface area contributed by atoms with E-state index in [1.54, 1.807) is 4.90 Å². The van der Waals surface area contributed by atoms with Crippen LogP contribution in [0, 0.1) is 12.3 Å². The van der Waals surface area contributed by atoms with Crippen molar-refractivity contribution < 1.29 is 19.1 Å². The van der Waals surface area contributed by atoms with Gasteiger partial charge >= 0.3 is 6.09 Å². The van der Waals surface area contributed by atoms with Gasteiger partial charge in [0.25, 0.3) is 0 Å². The molecule has 1 aliphatic heterocycles. The van der Waals surface area contributed by atoms with E-state index >= 15 is 0 Å². The van der Waals surface area contributed by atoms with Crippen LogP contribution in [0.4, 0.5) is 4.79 Å². The molecule has 1 aromatic rings. The third-order valence-corrected chi connectivity index (χ3v) is 6.50. The predicted molar refractivity (Wildman–Crippen MR) is 120 cm³/mol. The molecule has 2 aliphatic rings. The number of ketones is 2. The topological polar surface area (TPSA) is 63.7 Å². The van der Waals surface area contributed by atoms with Crippen LogP contribution in [-0.2, 0) is 20.7 Å². The number of ether oxygens (including phenoxy) is 1. The number of carbonyl (C=O) groups excluding carboxylic acids is 3. The minimum absolute atomic E-state index is 0.0404. The molecule has 3 rings (SSSR count). The highest BCUT2D eigenvalue weighted by atomic mass is 16.6. The summed E-state index contributed by atoms with van der Waals surface area (Å²) < 4.78 is 5.47. The highest BCUT2D eigenvalue weighted by Crippen LogP contribution is 2.46. The molecule has 2 fully saturated rings. The normalized spacial score (nSPS) is 20.0. The van der Waals surface area contributed by atoms with Crippen LogP contribution in [0.3, 0.4) is 0 Å². The molecule has 5 nitrogen and oxygen atoms in total. The van der Waals surface area contributed by atoms with E-state index in [0.717, 1.165) is 28.6 Å². The number of hydrogen-bond acceptors (Lipinski definition) is 4. The average molecular weight is 411 g/mol. The molecule has 0 unspecified atom stereocenters. The van der Waals surface area contributed by atoms with Crippen molar-refractivity contribution in [1.29, 1.82) is 0 Å². The molecule has 1 saturated carbocycles. The van der Waals surface area contributed by atoms with Gasteiger partial charge in [-0.1, -0.05) is 24.5 Å². The average Bonchev–Trinajstić information content (AvgIpc) is 2.61. The van der Waals surface area contributed by atoms with E-state index in [1.165, 1.54) is 0 Å². The van der Waals surface area contributed by atoms with E-state index < -0.39 is 11.5 Å². The van der Waals surface area contributed by atoms with Gasteiger partial charge in [-0.05, 0) is 69.1 Å². The lowest BCUT2D eigenvalue weighted by Crippen LogP contribution is -2.49. The van der Waals surface area contributed by atoms with Gasteiger partial charge in [0.2, 0.25) is 0 Å². The summed E-state index contributed by atoms with van der Waals surface area (Å²) in [6.07, 6.45) is 2.68. The molecule has 6 heteroatoms. The minimum atomic E-state index is -0.630. The van der Waals surface area contributed by atoms with E-state index in [0.29, 0.717) is 38.8 Å². The van der Waals surface area contributed by atoms with Gasteiger partial charge in [0.1, 0.15) is 30.9 Å². The van der Waals surface area contributed by atoms with Crippen molar-refractivity contribution in [3.8, 4) is 0 Å². The Labute approximate surface area is 180 Å². The van der Waals surface area contributed by atoms with E-state index in [9.17, 15) is 14.4 Å². The van der Waals surface area contributed by atoms with Gasteiger partial charge in [0.15, 0.2) is 0 Å². The molecule has 30 heavy (non-hydrogen) atoms. The van der Waals surface area contributed by atoms with Gasteiger partial charge in [0.05, 0.1) is 0 Å². The van der Waals surface area contributed by atoms with Crippen LogP contribution in [-0.4, -0.2) is 49.1 Å². The number of Topliss-reactive ketones (excluding diaryl/α,β-unsaturated/α-hetero) is 2. The van der Waals surface area contributed by atoms with Crippen molar-refractivity contribution in [2.45, 2.75) is 78.2 Å². The Bertz CT molecular complexity index is 843. The lowest BCUT2D eigenvalue weighted by Gasteiger charge is -2.44. The fourth-order valence-electron chi connectivity index (χ4n) is 5.12. The molecule has 0 aromatic heterocycles. The Kier molecular flexibility index (Phi) is 6.17. The van der Waals surface area contributed by atoms with E-state index in [4.69, 9.17) is 4.74 Å². The number of rotatable bonds is 2. The summed E-state index contributed by atoms with van der Waals surface area (Å²) in [5.41, 5.74) is 3.39. The molecule has 1 saturated heterocycles. The minimum Gasteiger partial charge on any atom is -0.444 e. The first kappa shape index (κ1) is 22.6. The van der Waals surface area contributed by atoms with Crippen molar-refractivity contribution in [1.82, 2.24) is 4.90 Å². The summed E-state index contributed by atoms with van der Waals surface area (Å²) in [5.74, 6) is -0.549. The van der Waals surface area contributed by atoms with E-state index in [-0.39, 0.29) is 23.1 Å². The van der Waals surface area contributed by atoms with Crippen LogP contribution in [0.1, 0.15) is 76.0 Å². The monoisotopic (exact) mass is 411 g/mol. The zero-order valence-corrected chi connectivity index (χ0v) is 19.3. The number of aryl methyl sites for hydroxylation is 2. The second-order valence-corrected chi connectivity index (χ2v) is 10.2. The summed E-state index contributed by atoms with van der Waals surface area (Å²) in [5, 5.41) is 0. The third-order valence-electron chi connectivity index (χ3n) is 6.50. The number of benzene rings is 1. The highest BCUT2D eigenvalue weighted by Gasteiger charge is 2.48. The molecule has 1 aliphatic carbocycles. The third kappa shape index (κ3) is 4.63. The maximum atomic E-state index is 13.3. The van der Waals surface area contributed by atoms with Gasteiger partial charge in [-0.2, -0.15) is 0 Å². The number of amides is 1. The zero-order valence-electron chi connectivity index (χ0n) is 19.3. The van der Waals surface area contributed by atoms with Gasteiger partial charge in [0, 0.05) is 25.9 Å². The van der Waals surface area contributed by atoms with Crippen LogP contribution in [0.25, 0.3) is 0 Å². The molecule has 0 radical (unpaired) electrons. The molecule has 1 aromatic carbocycles. The molecule has 1 amide bonds. The molecule has 0 atom stereocenters. The maximum absolute atomic E-state index is 13.3. The van der Waals surface area contributed by atoms with Gasteiger partial charge in [-0.25, -0.2) is 4.79 Å². The van der Waals surface area contributed by atoms with Crippen LogP contribution in [0.2, 0.25) is 0 Å². The Morgan fingerprint density at radius 1 is 1.17 bits per heavy atom. The Morgan fingerprint density at radius 2 is 1.73 bits per heavy atom. The largest absolute Gasteiger partial charge is 0.444 e. The second-order valence-electron chi connectivity index (χ2n) is 10.2. The molecular formula is C24H34BNO4. The van der Waals surface area contributed by atoms with Crippen LogP contribution in [0.5, 0.6) is 0 Å². The van der Waals surface area contributed by atoms with Crippen molar-refractivity contribution in [2.24, 2.45) is 5.41 Å². The molecule has 0 bridgehead atoms. The summed E-state index contributed by atoms with van der Waals surface area (Å²) in [6.45, 7) is 10.7. The van der Waals surface area contributed by atoms with E-state index in [2.05, 4.69) is 19.1 Å². The maximum Gasteiger partial charge on any atom is 0.410 e. The van der Waals surface area contributed by atoms with E-state index in [1.807, 2.05) is 35.5 Å². The Balaban J connectivity index is 1.75. The first-order valence-corrected chi connectivity index (χ1v) is 11.1. The quantitative estimate of drug-likeness (QED) is 0.555. The summed E-state index contributed by atoms with van der Waals surface area (Å²) in [6, 6.07) is 4.17. The molecule has 1 heterocycles. The van der Waals surface area contributed by atoms with Crippen molar-refractivity contribution >= 4 is 31.0 Å². The number of carbonyl (C=O) groups is 3. The van der Waals surface area contributed by atoms with Crippen LogP contribution < -0.4 is 5.46 Å². The van der Waals surface area contributed by atoms with Crippen LogP contribution in [0.15, 0.2) is 12.1 Å². The van der Waals surface area contributed by atoms with Crippen molar-refractivity contribution in [3.05, 3.63) is 28.8 Å². The Morgan fingerprint density at radius 3 is 2.23 bits per heavy atom. The molecule has 162 valence electrons. The molecular weight excluding hydrogens is 377 g/mol. The van der Waals surface area contributed by atoms with Crippen molar-refractivity contribution in [2.75, 3.05) is 13.1 Å². The van der Waals surface area contributed by atoms with Gasteiger partial charge in [-0.15, -0.1) is 0 Å². The zero-order chi connectivity index (χ0) is 22.3.